The number of rotatable bonds is 0. The van der Waals surface area contributed by atoms with Crippen LogP contribution in [0.3, 0.4) is 0 Å². The lowest BCUT2D eigenvalue weighted by molar-refractivity contribution is 1.56. The quantitative estimate of drug-likeness (QED) is 0.519. The Labute approximate surface area is 89.3 Å². The fourth-order valence-electron chi connectivity index (χ4n) is 1.96. The van der Waals surface area contributed by atoms with Gasteiger partial charge in [-0.25, -0.2) is 0 Å². The average molecular weight is 210 g/mol. The van der Waals surface area contributed by atoms with Gasteiger partial charge < -0.3 is 0 Å². The van der Waals surface area contributed by atoms with Gasteiger partial charge in [0.25, 0.3) is 5.43 Å². The summed E-state index contributed by atoms with van der Waals surface area (Å²) in [5.41, 5.74) is -2.30. The maximum Gasteiger partial charge on any atom is 0.273 e. The molecule has 3 heteroatoms. The Morgan fingerprint density at radius 2 is 1.06 bits per heavy atom. The van der Waals surface area contributed by atoms with Crippen molar-refractivity contribution in [1.29, 1.82) is 0 Å². The summed E-state index contributed by atoms with van der Waals surface area (Å²) in [4.78, 5) is 34.2. The Balaban J connectivity index is 2.73. The highest BCUT2D eigenvalue weighted by molar-refractivity contribution is 5.98. The van der Waals surface area contributed by atoms with E-state index in [-0.39, 0.29) is 10.8 Å². The van der Waals surface area contributed by atoms with Crippen molar-refractivity contribution in [3.63, 3.8) is 0 Å². The molecule has 3 aromatic carbocycles. The Kier molecular flexibility index (Phi) is 1.60. The molecule has 0 N–H and O–H groups in total. The summed E-state index contributed by atoms with van der Waals surface area (Å²) in [6.07, 6.45) is 0. The molecular weight excluding hydrogens is 204 g/mol. The molecule has 3 aromatic rings. The van der Waals surface area contributed by atoms with Crippen LogP contribution in [0.2, 0.25) is 0 Å². The van der Waals surface area contributed by atoms with Crippen LogP contribution in [0.5, 0.6) is 0 Å². The minimum atomic E-state index is -0.926. The molecule has 0 atom stereocenters. The van der Waals surface area contributed by atoms with Gasteiger partial charge in [-0.05, 0) is 22.9 Å². The second-order valence-electron chi connectivity index (χ2n) is 3.73. The van der Waals surface area contributed by atoms with Crippen molar-refractivity contribution in [3.8, 4) is 0 Å². The SMILES string of the molecule is O=c1c(=O)c2cc3ccccc3cc2c1=O. The first-order valence-electron chi connectivity index (χ1n) is 4.84. The zero-order chi connectivity index (χ0) is 11.3. The van der Waals surface area contributed by atoms with Crippen LogP contribution in [-0.2, 0) is 0 Å². The molecule has 0 spiro atoms. The molecule has 0 radical (unpaired) electrons. The molecule has 0 saturated carbocycles. The molecule has 0 amide bonds. The molecule has 0 aliphatic carbocycles. The molecule has 0 aliphatic rings. The van der Waals surface area contributed by atoms with Gasteiger partial charge in [0.15, 0.2) is 0 Å². The Morgan fingerprint density at radius 3 is 1.50 bits per heavy atom. The first-order chi connectivity index (χ1) is 7.68. The normalized spacial score (nSPS) is 11.2. The molecule has 0 saturated heterocycles. The lowest BCUT2D eigenvalue weighted by Crippen LogP contribution is -2.29. The Hall–Kier alpha value is -2.29. The molecule has 16 heavy (non-hydrogen) atoms. The molecule has 3 nitrogen and oxygen atoms in total. The van der Waals surface area contributed by atoms with Crippen LogP contribution in [0.15, 0.2) is 50.8 Å². The molecule has 0 aromatic heterocycles. The summed E-state index contributed by atoms with van der Waals surface area (Å²) in [6.45, 7) is 0. The predicted octanol–water partition coefficient (Wildman–Crippen LogP) is 0.949. The average Bonchev–Trinajstić information content (AvgIpc) is 2.52. The predicted molar refractivity (Wildman–Crippen MR) is 62.6 cm³/mol. The Morgan fingerprint density at radius 1 is 0.625 bits per heavy atom. The van der Waals surface area contributed by atoms with Gasteiger partial charge in [-0.3, -0.25) is 14.4 Å². The molecular formula is C13H6O3. The van der Waals surface area contributed by atoms with E-state index in [2.05, 4.69) is 0 Å². The van der Waals surface area contributed by atoms with Gasteiger partial charge in [0.2, 0.25) is 10.9 Å². The van der Waals surface area contributed by atoms with E-state index in [0.29, 0.717) is 0 Å². The van der Waals surface area contributed by atoms with Gasteiger partial charge >= 0.3 is 0 Å². The van der Waals surface area contributed by atoms with Crippen molar-refractivity contribution in [3.05, 3.63) is 67.1 Å². The third-order valence-electron chi connectivity index (χ3n) is 2.79. The number of benzene rings is 2. The van der Waals surface area contributed by atoms with Crippen molar-refractivity contribution in [2.75, 3.05) is 0 Å². The number of hydrogen-bond donors (Lipinski definition) is 0. The van der Waals surface area contributed by atoms with Crippen LogP contribution >= 0.6 is 0 Å². The number of fused-ring (bicyclic) bond motifs is 2. The zero-order valence-electron chi connectivity index (χ0n) is 8.19. The summed E-state index contributed by atoms with van der Waals surface area (Å²) in [5.74, 6) is 0. The first-order valence-corrected chi connectivity index (χ1v) is 4.84. The van der Waals surface area contributed by atoms with E-state index in [4.69, 9.17) is 0 Å². The van der Waals surface area contributed by atoms with Crippen molar-refractivity contribution in [2.24, 2.45) is 0 Å². The van der Waals surface area contributed by atoms with Gasteiger partial charge in [0, 0.05) is 10.8 Å². The molecule has 0 unspecified atom stereocenters. The van der Waals surface area contributed by atoms with Crippen molar-refractivity contribution >= 4 is 21.5 Å². The highest BCUT2D eigenvalue weighted by atomic mass is 16.2. The minimum absolute atomic E-state index is 0.230. The summed E-state index contributed by atoms with van der Waals surface area (Å²) >= 11 is 0. The molecule has 3 rings (SSSR count). The van der Waals surface area contributed by atoms with Crippen LogP contribution in [0, 0.1) is 0 Å². The first kappa shape index (κ1) is 8.97. The summed E-state index contributed by atoms with van der Waals surface area (Å²) in [5, 5.41) is 2.18. The second kappa shape index (κ2) is 2.85. The van der Waals surface area contributed by atoms with E-state index in [1.165, 1.54) is 0 Å². The smallest absolute Gasteiger partial charge is 0.273 e. The molecule has 76 valence electrons. The van der Waals surface area contributed by atoms with E-state index in [1.807, 2.05) is 24.3 Å². The topological polar surface area (TPSA) is 51.2 Å². The largest absolute Gasteiger partial charge is 0.285 e. The van der Waals surface area contributed by atoms with E-state index >= 15 is 0 Å². The maximum atomic E-state index is 11.5. The highest BCUT2D eigenvalue weighted by Crippen LogP contribution is 2.17. The van der Waals surface area contributed by atoms with Crippen molar-refractivity contribution in [2.45, 2.75) is 0 Å². The molecule has 0 fully saturated rings. The fraction of sp³-hybridized carbons (Fsp3) is 0. The van der Waals surface area contributed by atoms with E-state index in [1.54, 1.807) is 12.1 Å². The van der Waals surface area contributed by atoms with Crippen molar-refractivity contribution < 1.29 is 0 Å². The second-order valence-corrected chi connectivity index (χ2v) is 3.73. The Bertz CT molecular complexity index is 783. The van der Waals surface area contributed by atoms with E-state index in [9.17, 15) is 14.4 Å². The van der Waals surface area contributed by atoms with Gasteiger partial charge in [-0.2, -0.15) is 0 Å². The lowest BCUT2D eigenvalue weighted by atomic mass is 10.1. The van der Waals surface area contributed by atoms with Crippen LogP contribution in [-0.4, -0.2) is 0 Å². The third kappa shape index (κ3) is 0.997. The van der Waals surface area contributed by atoms with Gasteiger partial charge in [-0.1, -0.05) is 24.3 Å². The molecule has 0 aliphatic heterocycles. The summed E-state index contributed by atoms with van der Waals surface area (Å²) in [7, 11) is 0. The van der Waals surface area contributed by atoms with Crippen molar-refractivity contribution in [1.82, 2.24) is 0 Å². The molecule has 0 heterocycles. The zero-order valence-corrected chi connectivity index (χ0v) is 8.19. The van der Waals surface area contributed by atoms with E-state index < -0.39 is 16.3 Å². The summed E-state index contributed by atoms with van der Waals surface area (Å²) in [6, 6.07) is 10.6. The molecule has 0 bridgehead atoms. The monoisotopic (exact) mass is 210 g/mol. The van der Waals surface area contributed by atoms with Gasteiger partial charge in [0.1, 0.15) is 0 Å². The lowest BCUT2D eigenvalue weighted by Gasteiger charge is -1.95. The minimum Gasteiger partial charge on any atom is -0.285 e. The van der Waals surface area contributed by atoms with Crippen LogP contribution < -0.4 is 16.3 Å². The number of hydrogen-bond acceptors (Lipinski definition) is 3. The highest BCUT2D eigenvalue weighted by Gasteiger charge is 2.12. The standard InChI is InChI=1S/C13H6O3/c14-11-9-5-7-3-1-2-4-8(7)6-10(9)12(15)13(11)16/h1-6H. The maximum absolute atomic E-state index is 11.5. The fourth-order valence-corrected chi connectivity index (χ4v) is 1.96. The summed E-state index contributed by atoms with van der Waals surface area (Å²) < 4.78 is 0. The van der Waals surface area contributed by atoms with Crippen LogP contribution in [0.1, 0.15) is 0 Å². The van der Waals surface area contributed by atoms with E-state index in [0.717, 1.165) is 10.8 Å². The third-order valence-corrected chi connectivity index (χ3v) is 2.79. The van der Waals surface area contributed by atoms with Gasteiger partial charge in [-0.15, -0.1) is 0 Å². The van der Waals surface area contributed by atoms with Gasteiger partial charge in [0.05, 0.1) is 0 Å². The van der Waals surface area contributed by atoms with Crippen LogP contribution in [0.4, 0.5) is 0 Å². The van der Waals surface area contributed by atoms with Crippen LogP contribution in [0.25, 0.3) is 21.5 Å².